The van der Waals surface area contributed by atoms with Crippen molar-refractivity contribution in [1.82, 2.24) is 20.2 Å². The van der Waals surface area contributed by atoms with E-state index in [4.69, 9.17) is 4.84 Å². The van der Waals surface area contributed by atoms with Crippen LogP contribution in [0.15, 0.2) is 89.8 Å². The van der Waals surface area contributed by atoms with E-state index in [1.54, 1.807) is 6.92 Å². The van der Waals surface area contributed by atoms with E-state index in [-0.39, 0.29) is 11.7 Å². The van der Waals surface area contributed by atoms with Crippen molar-refractivity contribution in [1.29, 1.82) is 0 Å². The van der Waals surface area contributed by atoms with Gasteiger partial charge in [0.05, 0.1) is 11.4 Å². The van der Waals surface area contributed by atoms with Gasteiger partial charge in [-0.3, -0.25) is 9.74 Å². The molecule has 1 aromatic heterocycles. The Balaban J connectivity index is 1.07. The minimum absolute atomic E-state index is 0.260. The summed E-state index contributed by atoms with van der Waals surface area (Å²) in [7, 11) is 1.87. The van der Waals surface area contributed by atoms with Crippen molar-refractivity contribution >= 4 is 34.3 Å². The number of nitrogens with zero attached hydrogens (tertiary/aromatic N) is 5. The third kappa shape index (κ3) is 6.66. The molecule has 0 aliphatic carbocycles. The van der Waals surface area contributed by atoms with E-state index >= 15 is 0 Å². The van der Waals surface area contributed by atoms with E-state index in [1.165, 1.54) is 47.0 Å². The number of urea groups is 1. The second-order valence-corrected chi connectivity index (χ2v) is 11.3. The van der Waals surface area contributed by atoms with Gasteiger partial charge in [0.15, 0.2) is 11.0 Å². The minimum Gasteiger partial charge on any atom is -0.406 e. The van der Waals surface area contributed by atoms with Crippen LogP contribution in [0.3, 0.4) is 0 Å². The van der Waals surface area contributed by atoms with Crippen LogP contribution in [0.1, 0.15) is 37.0 Å². The monoisotopic (exact) mass is 635 g/mol. The van der Waals surface area contributed by atoms with Crippen LogP contribution >= 0.6 is 11.8 Å². The van der Waals surface area contributed by atoms with Crippen LogP contribution in [-0.2, 0) is 4.84 Å². The minimum atomic E-state index is -4.76. The quantitative estimate of drug-likeness (QED) is 0.206. The first-order valence-corrected chi connectivity index (χ1v) is 14.9. The lowest BCUT2D eigenvalue weighted by Crippen LogP contribution is -2.30. The zero-order chi connectivity index (χ0) is 31.7. The zero-order valence-corrected chi connectivity index (χ0v) is 25.2. The number of hydrogen-bond donors (Lipinski definition) is 2. The molecule has 1 saturated heterocycles. The van der Waals surface area contributed by atoms with Crippen LogP contribution in [0.4, 0.5) is 29.3 Å². The van der Waals surface area contributed by atoms with Crippen LogP contribution in [0, 0.1) is 0 Å². The lowest BCUT2D eigenvalue weighted by atomic mass is 9.93. The number of thioether (sulfide) groups is 1. The summed E-state index contributed by atoms with van der Waals surface area (Å²) >= 11 is 1.50. The highest BCUT2D eigenvalue weighted by Crippen LogP contribution is 2.43. The summed E-state index contributed by atoms with van der Waals surface area (Å²) in [6, 6.07) is 18.2. The highest BCUT2D eigenvalue weighted by Gasteiger charge is 2.34. The van der Waals surface area contributed by atoms with Gasteiger partial charge >= 0.3 is 12.4 Å². The molecule has 0 bridgehead atoms. The summed E-state index contributed by atoms with van der Waals surface area (Å²) in [6.45, 7) is 3.96. The highest BCUT2D eigenvalue weighted by molar-refractivity contribution is 8.14. The number of rotatable bonds is 7. The Hall–Kier alpha value is -4.82. The lowest BCUT2D eigenvalue weighted by molar-refractivity contribution is -0.274. The number of alkyl halides is 3. The molecule has 3 heterocycles. The van der Waals surface area contributed by atoms with Crippen LogP contribution in [0.2, 0.25) is 0 Å². The Bertz CT molecular complexity index is 1770. The highest BCUT2D eigenvalue weighted by atomic mass is 32.2. The van der Waals surface area contributed by atoms with Crippen molar-refractivity contribution in [3.8, 4) is 22.8 Å². The molecule has 4 aromatic rings. The molecule has 0 radical (unpaired) electrons. The Labute approximate surface area is 260 Å². The Morgan fingerprint density at radius 1 is 1.11 bits per heavy atom. The number of halogens is 3. The van der Waals surface area contributed by atoms with Crippen LogP contribution in [0.25, 0.3) is 17.1 Å². The molecule has 2 aliphatic rings. The van der Waals surface area contributed by atoms with Gasteiger partial charge in [0.2, 0.25) is 0 Å². The zero-order valence-electron chi connectivity index (χ0n) is 24.4. The summed E-state index contributed by atoms with van der Waals surface area (Å²) in [4.78, 5) is 29.0. The van der Waals surface area contributed by atoms with Crippen LogP contribution in [-0.4, -0.2) is 45.1 Å². The number of hydrogen-bond acceptors (Lipinski definition) is 7. The van der Waals surface area contributed by atoms with Gasteiger partial charge in [0.1, 0.15) is 18.2 Å². The van der Waals surface area contributed by atoms with Gasteiger partial charge in [-0.1, -0.05) is 55.1 Å². The number of aliphatic imine (C=N–C) groups is 1. The predicted octanol–water partition coefficient (Wildman–Crippen LogP) is 7.19. The molecule has 6 rings (SSSR count). The van der Waals surface area contributed by atoms with E-state index in [0.29, 0.717) is 16.7 Å². The van der Waals surface area contributed by atoms with E-state index in [0.717, 1.165) is 39.5 Å². The molecule has 1 fully saturated rings. The number of benzene rings is 3. The number of carbonyl (C=O) groups excluding carboxylic acids is 1. The number of amides is 2. The maximum atomic E-state index is 12.8. The molecule has 2 atom stereocenters. The van der Waals surface area contributed by atoms with Crippen LogP contribution in [0.5, 0.6) is 5.75 Å². The maximum absolute atomic E-state index is 12.8. The molecule has 232 valence electrons. The molecule has 2 N–H and O–H groups in total. The number of nitrogens with one attached hydrogen (secondary N) is 2. The average Bonchev–Trinajstić information content (AvgIpc) is 3.67. The largest absolute Gasteiger partial charge is 0.573 e. The molecule has 14 heteroatoms. The molecular weight excluding hydrogens is 607 g/mol. The van der Waals surface area contributed by atoms with E-state index < -0.39 is 18.5 Å². The molecular formula is C31H28F3N7O3S. The van der Waals surface area contributed by atoms with Crippen LogP contribution < -0.4 is 20.4 Å². The van der Waals surface area contributed by atoms with Crippen molar-refractivity contribution in [2.75, 3.05) is 23.0 Å². The summed E-state index contributed by atoms with van der Waals surface area (Å²) in [5.74, 6) is 1.08. The van der Waals surface area contributed by atoms with Crippen molar-refractivity contribution in [2.24, 2.45) is 4.99 Å². The van der Waals surface area contributed by atoms with Gasteiger partial charge in [0.25, 0.3) is 0 Å². The number of amidine groups is 1. The molecule has 0 spiro atoms. The number of fused-ring (bicyclic) bond motifs is 3. The van der Waals surface area contributed by atoms with Gasteiger partial charge in [0, 0.05) is 35.7 Å². The van der Waals surface area contributed by atoms with E-state index in [2.05, 4.69) is 55.7 Å². The number of hydroxylamine groups is 1. The summed E-state index contributed by atoms with van der Waals surface area (Å²) < 4.78 is 42.6. The number of ether oxygens (including phenoxy) is 1. The second kappa shape index (κ2) is 12.3. The fourth-order valence-corrected chi connectivity index (χ4v) is 6.04. The van der Waals surface area contributed by atoms with Crippen molar-refractivity contribution in [3.63, 3.8) is 0 Å². The molecule has 0 saturated carbocycles. The van der Waals surface area contributed by atoms with Gasteiger partial charge in [-0.05, 0) is 54.4 Å². The molecule has 3 aromatic carbocycles. The van der Waals surface area contributed by atoms with Gasteiger partial charge < -0.3 is 10.1 Å². The number of anilines is 2. The van der Waals surface area contributed by atoms with Gasteiger partial charge in [-0.25, -0.2) is 19.9 Å². The summed E-state index contributed by atoms with van der Waals surface area (Å²) in [5.41, 5.74) is 8.72. The van der Waals surface area contributed by atoms with Crippen molar-refractivity contribution in [2.45, 2.75) is 32.2 Å². The first-order chi connectivity index (χ1) is 21.6. The molecule has 10 nitrogen and oxygen atoms in total. The lowest BCUT2D eigenvalue weighted by Gasteiger charge is -2.30. The smallest absolute Gasteiger partial charge is 0.406 e. The standard InChI is InChI=1S/C31H28F3N7O3S/c1-18-14-24-16-45-30(41(24)27-15-22(35-3)8-13-26(18)27)37-29(42)39-44-19(2)20-4-6-21(7-5-20)28-36-17-40(38-28)23-9-11-25(12-10-23)43-31(32,33)34/h4-15,17-19,35H,16H2,1-3H3,(H,39,42)/b37-30-. The third-order valence-corrected chi connectivity index (χ3v) is 8.28. The summed E-state index contributed by atoms with van der Waals surface area (Å²) in [6.07, 6.45) is -1.57. The fourth-order valence-electron chi connectivity index (χ4n) is 5.05. The Morgan fingerprint density at radius 3 is 2.58 bits per heavy atom. The number of carbonyl (C=O) groups is 1. The van der Waals surface area contributed by atoms with E-state index in [9.17, 15) is 18.0 Å². The normalized spacial score (nSPS) is 17.4. The molecule has 2 aliphatic heterocycles. The maximum Gasteiger partial charge on any atom is 0.573 e. The average molecular weight is 636 g/mol. The number of aromatic nitrogens is 3. The third-order valence-electron chi connectivity index (χ3n) is 7.31. The first-order valence-electron chi connectivity index (χ1n) is 14.0. The van der Waals surface area contributed by atoms with E-state index in [1.807, 2.05) is 42.3 Å². The molecule has 2 amide bonds. The SMILES string of the molecule is CNc1ccc2c(c1)N1C(=CC2C)CS/C1=N\C(=O)NOC(C)c1ccc(-c2ncn(-c3ccc(OC(F)(F)F)cc3)n2)cc1. The second-order valence-electron chi connectivity index (χ2n) is 10.3. The summed E-state index contributed by atoms with van der Waals surface area (Å²) in [5, 5.41) is 8.17. The Morgan fingerprint density at radius 2 is 1.87 bits per heavy atom. The molecule has 2 unspecified atom stereocenters. The topological polar surface area (TPSA) is 106 Å². The first kappa shape index (κ1) is 30.2. The molecule has 45 heavy (non-hydrogen) atoms. The Kier molecular flexibility index (Phi) is 8.25. The van der Waals surface area contributed by atoms with Crippen molar-refractivity contribution < 1.29 is 27.5 Å². The van der Waals surface area contributed by atoms with Gasteiger partial charge in [-0.15, -0.1) is 18.3 Å². The fraction of sp³-hybridized carbons (Fsp3) is 0.226. The van der Waals surface area contributed by atoms with Gasteiger partial charge in [-0.2, -0.15) is 4.99 Å². The van der Waals surface area contributed by atoms with Crippen molar-refractivity contribution in [3.05, 3.63) is 96.0 Å². The number of allylic oxidation sites excluding steroid dienone is 1. The predicted molar refractivity (Wildman–Crippen MR) is 166 cm³/mol.